The molecule has 0 radical (unpaired) electrons. The number of para-hydroxylation sites is 1. The molecular formula is C22H22N2O5S2. The zero-order valence-corrected chi connectivity index (χ0v) is 18.8. The fourth-order valence-electron chi connectivity index (χ4n) is 3.67. The van der Waals surface area contributed by atoms with E-state index in [0.717, 1.165) is 12.0 Å². The molecule has 0 bridgehead atoms. The van der Waals surface area contributed by atoms with E-state index >= 15 is 0 Å². The number of fused-ring (bicyclic) bond motifs is 1. The van der Waals surface area contributed by atoms with Crippen LogP contribution in [0, 0.1) is 0 Å². The van der Waals surface area contributed by atoms with Crippen LogP contribution < -0.4 is 19.1 Å². The molecule has 1 amide bonds. The quantitative estimate of drug-likeness (QED) is 0.600. The maximum absolute atomic E-state index is 13.0. The van der Waals surface area contributed by atoms with E-state index in [2.05, 4.69) is 5.32 Å². The Kier molecular flexibility index (Phi) is 5.88. The average Bonchev–Trinajstić information content (AvgIpc) is 3.33. The average molecular weight is 459 g/mol. The number of sulfonamides is 1. The number of hydrogen-bond acceptors (Lipinski definition) is 6. The molecule has 7 nitrogen and oxygen atoms in total. The van der Waals surface area contributed by atoms with E-state index in [1.165, 1.54) is 29.9 Å². The molecule has 0 saturated carbocycles. The van der Waals surface area contributed by atoms with E-state index in [9.17, 15) is 13.2 Å². The minimum absolute atomic E-state index is 0.322. The normalized spacial score (nSPS) is 13.4. The van der Waals surface area contributed by atoms with Crippen LogP contribution in [0.4, 0.5) is 11.4 Å². The van der Waals surface area contributed by atoms with Gasteiger partial charge in [-0.1, -0.05) is 12.1 Å². The number of carbonyl (C=O) groups excluding carboxylic acids is 1. The van der Waals surface area contributed by atoms with Gasteiger partial charge in [0.25, 0.3) is 15.9 Å². The maximum Gasteiger partial charge on any atom is 0.273 e. The lowest BCUT2D eigenvalue weighted by atomic mass is 10.0. The van der Waals surface area contributed by atoms with Gasteiger partial charge in [0.1, 0.15) is 4.21 Å². The van der Waals surface area contributed by atoms with E-state index in [-0.39, 0.29) is 5.91 Å². The van der Waals surface area contributed by atoms with Crippen molar-refractivity contribution < 1.29 is 22.7 Å². The summed E-state index contributed by atoms with van der Waals surface area (Å²) in [6.07, 6.45) is 1.44. The van der Waals surface area contributed by atoms with Gasteiger partial charge in [-0.3, -0.25) is 9.10 Å². The van der Waals surface area contributed by atoms with Crippen LogP contribution in [-0.2, 0) is 16.4 Å². The molecule has 1 aliphatic heterocycles. The van der Waals surface area contributed by atoms with Crippen LogP contribution in [0.3, 0.4) is 0 Å². The first kappa shape index (κ1) is 21.2. The van der Waals surface area contributed by atoms with Crippen LogP contribution in [0.1, 0.15) is 22.3 Å². The third-order valence-corrected chi connectivity index (χ3v) is 8.29. The summed E-state index contributed by atoms with van der Waals surface area (Å²) >= 11 is 1.21. The highest BCUT2D eigenvalue weighted by Crippen LogP contribution is 2.35. The van der Waals surface area contributed by atoms with Crippen molar-refractivity contribution in [3.63, 3.8) is 0 Å². The van der Waals surface area contributed by atoms with Gasteiger partial charge in [0, 0.05) is 12.2 Å². The molecule has 162 valence electrons. The molecule has 0 fully saturated rings. The fourth-order valence-corrected chi connectivity index (χ4v) is 6.32. The van der Waals surface area contributed by atoms with Crippen molar-refractivity contribution >= 4 is 38.6 Å². The summed E-state index contributed by atoms with van der Waals surface area (Å²) in [5.41, 5.74) is 2.46. The Labute approximate surface area is 185 Å². The van der Waals surface area contributed by atoms with Crippen molar-refractivity contribution in [3.8, 4) is 11.5 Å². The standard InChI is InChI=1S/C22H22N2O5S2/c1-28-19-8-3-7-17(21(19)29-2)22(25)23-16-10-11-18-15(14-16)6-4-12-24(18)31(26,27)20-9-5-13-30-20/h3,5,7-11,13-14H,4,6,12H2,1-2H3,(H,23,25). The molecule has 1 aliphatic rings. The van der Waals surface area contributed by atoms with E-state index in [1.54, 1.807) is 47.8 Å². The van der Waals surface area contributed by atoms with Crippen molar-refractivity contribution in [1.82, 2.24) is 0 Å². The molecule has 0 unspecified atom stereocenters. The first-order chi connectivity index (χ1) is 15.0. The molecule has 1 aromatic heterocycles. The number of methoxy groups -OCH3 is 2. The van der Waals surface area contributed by atoms with Gasteiger partial charge in [-0.05, 0) is 60.2 Å². The second kappa shape index (κ2) is 8.60. The Morgan fingerprint density at radius 2 is 1.94 bits per heavy atom. The number of amides is 1. The third kappa shape index (κ3) is 3.98. The number of ether oxygens (including phenoxy) is 2. The zero-order valence-electron chi connectivity index (χ0n) is 17.1. The van der Waals surface area contributed by atoms with Gasteiger partial charge < -0.3 is 14.8 Å². The molecule has 0 saturated heterocycles. The second-order valence-corrected chi connectivity index (χ2v) is 9.99. The molecule has 31 heavy (non-hydrogen) atoms. The summed E-state index contributed by atoms with van der Waals surface area (Å²) < 4.78 is 38.4. The molecule has 0 spiro atoms. The van der Waals surface area contributed by atoms with Crippen LogP contribution in [-0.4, -0.2) is 35.1 Å². The SMILES string of the molecule is COc1cccc(C(=O)Nc2ccc3c(c2)CCCN3S(=O)(=O)c2cccs2)c1OC. The van der Waals surface area contributed by atoms with Crippen molar-refractivity contribution in [2.45, 2.75) is 17.1 Å². The van der Waals surface area contributed by atoms with Gasteiger partial charge in [0.15, 0.2) is 11.5 Å². The van der Waals surface area contributed by atoms with E-state index < -0.39 is 10.0 Å². The van der Waals surface area contributed by atoms with E-state index in [0.29, 0.717) is 45.6 Å². The highest BCUT2D eigenvalue weighted by atomic mass is 32.2. The summed E-state index contributed by atoms with van der Waals surface area (Å²) in [6.45, 7) is 0.431. The van der Waals surface area contributed by atoms with Gasteiger partial charge in [-0.25, -0.2) is 8.42 Å². The van der Waals surface area contributed by atoms with Crippen molar-refractivity contribution in [2.75, 3.05) is 30.4 Å². The highest BCUT2D eigenvalue weighted by molar-refractivity contribution is 7.94. The Balaban J connectivity index is 1.62. The largest absolute Gasteiger partial charge is 0.493 e. The first-order valence-electron chi connectivity index (χ1n) is 9.67. The Bertz CT molecular complexity index is 1210. The number of thiophene rings is 1. The zero-order chi connectivity index (χ0) is 22.0. The number of rotatable bonds is 6. The fraction of sp³-hybridized carbons (Fsp3) is 0.227. The van der Waals surface area contributed by atoms with Gasteiger partial charge in [-0.15, -0.1) is 11.3 Å². The summed E-state index contributed by atoms with van der Waals surface area (Å²) in [5, 5.41) is 4.63. The van der Waals surface area contributed by atoms with Crippen LogP contribution in [0.2, 0.25) is 0 Å². The number of nitrogens with zero attached hydrogens (tertiary/aromatic N) is 1. The molecular weight excluding hydrogens is 436 g/mol. The third-order valence-electron chi connectivity index (χ3n) is 5.10. The Hall–Kier alpha value is -3.04. The molecule has 4 rings (SSSR count). The lowest BCUT2D eigenvalue weighted by molar-refractivity contribution is 0.102. The first-order valence-corrected chi connectivity index (χ1v) is 12.0. The number of carbonyl (C=O) groups is 1. The minimum Gasteiger partial charge on any atom is -0.493 e. The van der Waals surface area contributed by atoms with Crippen LogP contribution >= 0.6 is 11.3 Å². The minimum atomic E-state index is -3.59. The van der Waals surface area contributed by atoms with Gasteiger partial charge in [0.05, 0.1) is 25.5 Å². The number of nitrogens with one attached hydrogen (secondary N) is 1. The van der Waals surface area contributed by atoms with Crippen molar-refractivity contribution in [1.29, 1.82) is 0 Å². The molecule has 0 atom stereocenters. The summed E-state index contributed by atoms with van der Waals surface area (Å²) in [7, 11) is -0.598. The Morgan fingerprint density at radius 1 is 1.10 bits per heavy atom. The van der Waals surface area contributed by atoms with Gasteiger partial charge >= 0.3 is 0 Å². The molecule has 3 aromatic rings. The second-order valence-electron chi connectivity index (χ2n) is 6.95. The maximum atomic E-state index is 13.0. The van der Waals surface area contributed by atoms with Crippen molar-refractivity contribution in [2.24, 2.45) is 0 Å². The smallest absolute Gasteiger partial charge is 0.273 e. The van der Waals surface area contributed by atoms with Crippen LogP contribution in [0.5, 0.6) is 11.5 Å². The lowest BCUT2D eigenvalue weighted by Crippen LogP contribution is -2.35. The number of aryl methyl sites for hydroxylation is 1. The summed E-state index contributed by atoms with van der Waals surface area (Å²) in [5.74, 6) is 0.485. The van der Waals surface area contributed by atoms with Gasteiger partial charge in [-0.2, -0.15) is 0 Å². The monoisotopic (exact) mass is 458 g/mol. The predicted octanol–water partition coefficient (Wildman–Crippen LogP) is 4.16. The summed E-state index contributed by atoms with van der Waals surface area (Å²) in [6, 6.07) is 13.7. The van der Waals surface area contributed by atoms with Gasteiger partial charge in [0.2, 0.25) is 0 Å². The summed E-state index contributed by atoms with van der Waals surface area (Å²) in [4.78, 5) is 12.9. The molecule has 0 aliphatic carbocycles. The van der Waals surface area contributed by atoms with E-state index in [4.69, 9.17) is 9.47 Å². The molecule has 2 heterocycles. The van der Waals surface area contributed by atoms with E-state index in [1.807, 2.05) is 6.07 Å². The number of anilines is 2. The predicted molar refractivity (Wildman–Crippen MR) is 121 cm³/mol. The molecule has 2 aromatic carbocycles. The number of hydrogen-bond donors (Lipinski definition) is 1. The topological polar surface area (TPSA) is 84.9 Å². The number of benzene rings is 2. The highest BCUT2D eigenvalue weighted by Gasteiger charge is 2.30. The van der Waals surface area contributed by atoms with Crippen LogP contribution in [0.15, 0.2) is 58.1 Å². The lowest BCUT2D eigenvalue weighted by Gasteiger charge is -2.30. The van der Waals surface area contributed by atoms with Crippen LogP contribution in [0.25, 0.3) is 0 Å². The Morgan fingerprint density at radius 3 is 2.65 bits per heavy atom. The molecule has 1 N–H and O–H groups in total. The van der Waals surface area contributed by atoms with Crippen molar-refractivity contribution in [3.05, 3.63) is 65.0 Å². The molecule has 9 heteroatoms.